The van der Waals surface area contributed by atoms with Gasteiger partial charge in [-0.15, -0.1) is 0 Å². The van der Waals surface area contributed by atoms with Gasteiger partial charge in [0.2, 0.25) is 5.90 Å². The van der Waals surface area contributed by atoms with Gasteiger partial charge in [-0.3, -0.25) is 4.79 Å². The van der Waals surface area contributed by atoms with Gasteiger partial charge in [0, 0.05) is 41.5 Å². The number of halogens is 1. The van der Waals surface area contributed by atoms with Crippen molar-refractivity contribution in [2.45, 2.75) is 44.5 Å². The van der Waals surface area contributed by atoms with Crippen LogP contribution in [0.1, 0.15) is 35.6 Å². The van der Waals surface area contributed by atoms with E-state index in [1.807, 2.05) is 55.5 Å². The van der Waals surface area contributed by atoms with E-state index in [1.165, 1.54) is 0 Å². The summed E-state index contributed by atoms with van der Waals surface area (Å²) < 4.78 is 11.8. The van der Waals surface area contributed by atoms with Gasteiger partial charge in [-0.2, -0.15) is 0 Å². The van der Waals surface area contributed by atoms with E-state index in [4.69, 9.17) is 36.7 Å². The van der Waals surface area contributed by atoms with Crippen molar-refractivity contribution < 1.29 is 19.4 Å². The molecule has 2 N–H and O–H groups in total. The molecule has 39 heavy (non-hydrogen) atoms. The fraction of sp³-hybridized carbons (Fsp3) is 0.310. The maximum absolute atomic E-state index is 13.9. The molecule has 2 atom stereocenters. The van der Waals surface area contributed by atoms with Crippen molar-refractivity contribution in [2.24, 2.45) is 10.1 Å². The highest BCUT2D eigenvalue weighted by atomic mass is 35.5. The first kappa shape index (κ1) is 28.0. The predicted molar refractivity (Wildman–Crippen MR) is 150 cm³/mol. The highest BCUT2D eigenvalue weighted by Crippen LogP contribution is 2.34. The number of nitrogens with one attached hydrogen (secondary N) is 1. The van der Waals surface area contributed by atoms with Crippen molar-refractivity contribution in [1.82, 2.24) is 5.32 Å². The number of carbonyl (C=O) groups is 1. The molecule has 10 heteroatoms. The van der Waals surface area contributed by atoms with E-state index in [0.29, 0.717) is 41.8 Å². The van der Waals surface area contributed by atoms with Crippen LogP contribution in [0.25, 0.3) is 10.4 Å². The number of aliphatic hydroxyl groups is 1. The molecule has 1 aliphatic rings. The van der Waals surface area contributed by atoms with Crippen LogP contribution in [-0.2, 0) is 29.0 Å². The minimum atomic E-state index is -1.26. The first-order valence-electron chi connectivity index (χ1n) is 12.7. The first-order chi connectivity index (χ1) is 18.9. The number of ether oxygens (including phenoxy) is 2. The largest absolute Gasteiger partial charge is 0.494 e. The third-order valence-corrected chi connectivity index (χ3v) is 6.83. The fourth-order valence-electron chi connectivity index (χ4n) is 4.36. The van der Waals surface area contributed by atoms with Crippen molar-refractivity contribution in [1.29, 1.82) is 0 Å². The van der Waals surface area contributed by atoms with Crippen molar-refractivity contribution >= 4 is 23.4 Å². The van der Waals surface area contributed by atoms with Gasteiger partial charge >= 0.3 is 0 Å². The van der Waals surface area contributed by atoms with E-state index < -0.39 is 11.6 Å². The Balaban J connectivity index is 1.65. The lowest BCUT2D eigenvalue weighted by molar-refractivity contribution is -0.128. The lowest BCUT2D eigenvalue weighted by Gasteiger charge is -2.29. The second kappa shape index (κ2) is 13.2. The van der Waals surface area contributed by atoms with Gasteiger partial charge in [0.25, 0.3) is 5.91 Å². The topological polar surface area (TPSA) is 129 Å². The zero-order chi connectivity index (χ0) is 27.7. The molecule has 1 amide bonds. The van der Waals surface area contributed by atoms with Crippen LogP contribution in [-0.4, -0.2) is 41.8 Å². The molecule has 1 aliphatic heterocycles. The second-order valence-electron chi connectivity index (χ2n) is 9.19. The van der Waals surface area contributed by atoms with Crippen LogP contribution in [0.2, 0.25) is 5.02 Å². The minimum absolute atomic E-state index is 0.0643. The molecule has 0 aromatic heterocycles. The van der Waals surface area contributed by atoms with Crippen LogP contribution >= 0.6 is 11.6 Å². The Labute approximate surface area is 232 Å². The van der Waals surface area contributed by atoms with Gasteiger partial charge in [-0.25, -0.2) is 4.99 Å². The number of hydrogen-bond acceptors (Lipinski definition) is 6. The summed E-state index contributed by atoms with van der Waals surface area (Å²) in [5, 5.41) is 16.3. The molecule has 0 radical (unpaired) electrons. The number of carbonyl (C=O) groups excluding carboxylic acids is 1. The maximum Gasteiger partial charge on any atom is 0.252 e. The quantitative estimate of drug-likeness (QED) is 0.136. The van der Waals surface area contributed by atoms with E-state index >= 15 is 0 Å². The summed E-state index contributed by atoms with van der Waals surface area (Å²) in [7, 11) is 0. The van der Waals surface area contributed by atoms with Crippen LogP contribution in [0.15, 0.2) is 82.9 Å². The molecular weight excluding hydrogens is 518 g/mol. The van der Waals surface area contributed by atoms with Crippen LogP contribution < -0.4 is 10.1 Å². The van der Waals surface area contributed by atoms with Gasteiger partial charge in [-0.05, 0) is 65.5 Å². The lowest BCUT2D eigenvalue weighted by atomic mass is 9.84. The SMILES string of the molecule is C[C@H]1OC(c2ccc(OCCCO)cc2)=N[C@@]1(Cc1ccccc1CN=[N+]=[N-])C(=O)NCc1ccc(Cl)cc1. The summed E-state index contributed by atoms with van der Waals surface area (Å²) in [6, 6.07) is 22.1. The molecule has 3 aromatic carbocycles. The maximum atomic E-state index is 13.9. The van der Waals surface area contributed by atoms with E-state index in [9.17, 15) is 4.79 Å². The van der Waals surface area contributed by atoms with E-state index in [1.54, 1.807) is 24.3 Å². The zero-order valence-electron chi connectivity index (χ0n) is 21.6. The first-order valence-corrected chi connectivity index (χ1v) is 13.0. The molecule has 0 bridgehead atoms. The molecule has 4 rings (SSSR count). The van der Waals surface area contributed by atoms with Gasteiger partial charge in [0.1, 0.15) is 11.9 Å². The summed E-state index contributed by atoms with van der Waals surface area (Å²) in [4.78, 5) is 21.7. The summed E-state index contributed by atoms with van der Waals surface area (Å²) >= 11 is 6.01. The molecule has 9 nitrogen and oxygen atoms in total. The standard InChI is InChI=1S/C29H30ClN5O4/c1-20-29(17-23-5-2-3-6-24(23)19-33-35-31,28(37)32-18-21-7-11-25(30)12-8-21)34-27(39-20)22-9-13-26(14-10-22)38-16-4-15-36/h2-3,5-14,20,36H,4,15-19H2,1H3,(H,32,37)/t20-,29-/m1/s1. The Bertz CT molecular complexity index is 1360. The third-order valence-electron chi connectivity index (χ3n) is 6.58. The molecule has 0 aliphatic carbocycles. The number of hydrogen-bond donors (Lipinski definition) is 2. The number of aliphatic imine (C=N–C) groups is 1. The molecule has 202 valence electrons. The Kier molecular flexibility index (Phi) is 9.44. The van der Waals surface area contributed by atoms with Crippen molar-refractivity contribution in [3.8, 4) is 5.75 Å². The second-order valence-corrected chi connectivity index (χ2v) is 9.63. The van der Waals surface area contributed by atoms with Crippen LogP contribution in [0.4, 0.5) is 0 Å². The van der Waals surface area contributed by atoms with Gasteiger partial charge < -0.3 is 19.9 Å². The Morgan fingerprint density at radius 2 is 1.87 bits per heavy atom. The molecule has 0 spiro atoms. The molecule has 3 aromatic rings. The van der Waals surface area contributed by atoms with Crippen molar-refractivity contribution in [3.05, 3.63) is 111 Å². The van der Waals surface area contributed by atoms with E-state index in [0.717, 1.165) is 16.7 Å². The number of amides is 1. The van der Waals surface area contributed by atoms with Crippen molar-refractivity contribution in [2.75, 3.05) is 13.2 Å². The monoisotopic (exact) mass is 547 g/mol. The number of azide groups is 1. The van der Waals surface area contributed by atoms with Crippen LogP contribution in [0, 0.1) is 0 Å². The highest BCUT2D eigenvalue weighted by Gasteiger charge is 2.50. The number of rotatable bonds is 12. The molecule has 0 unspecified atom stereocenters. The summed E-state index contributed by atoms with van der Waals surface area (Å²) in [5.74, 6) is 0.749. The summed E-state index contributed by atoms with van der Waals surface area (Å²) in [5.41, 5.74) is 10.9. The Hall–Kier alpha value is -4.04. The van der Waals surface area contributed by atoms with Gasteiger partial charge in [0.05, 0.1) is 13.2 Å². The molecule has 1 heterocycles. The summed E-state index contributed by atoms with van der Waals surface area (Å²) in [6.07, 6.45) is 0.221. The molecule has 0 fully saturated rings. The lowest BCUT2D eigenvalue weighted by Crippen LogP contribution is -2.52. The van der Waals surface area contributed by atoms with Gasteiger partial charge in [-0.1, -0.05) is 53.1 Å². The molecule has 0 saturated carbocycles. The average Bonchev–Trinajstić information content (AvgIpc) is 3.29. The summed E-state index contributed by atoms with van der Waals surface area (Å²) in [6.45, 7) is 2.78. The van der Waals surface area contributed by atoms with Crippen LogP contribution in [0.5, 0.6) is 5.75 Å². The zero-order valence-corrected chi connectivity index (χ0v) is 22.3. The van der Waals surface area contributed by atoms with Crippen LogP contribution in [0.3, 0.4) is 0 Å². The normalized spacial score (nSPS) is 18.0. The Morgan fingerprint density at radius 3 is 2.56 bits per heavy atom. The fourth-order valence-corrected chi connectivity index (χ4v) is 4.49. The molecular formula is C29H30ClN5O4. The van der Waals surface area contributed by atoms with Crippen molar-refractivity contribution in [3.63, 3.8) is 0 Å². The third kappa shape index (κ3) is 6.89. The minimum Gasteiger partial charge on any atom is -0.494 e. The predicted octanol–water partition coefficient (Wildman–Crippen LogP) is 5.37. The van der Waals surface area contributed by atoms with E-state index in [-0.39, 0.29) is 25.5 Å². The Morgan fingerprint density at radius 1 is 1.15 bits per heavy atom. The van der Waals surface area contributed by atoms with Gasteiger partial charge in [0.15, 0.2) is 5.54 Å². The number of aliphatic hydroxyl groups excluding tert-OH is 1. The average molecular weight is 548 g/mol. The highest BCUT2D eigenvalue weighted by molar-refractivity contribution is 6.30. The smallest absolute Gasteiger partial charge is 0.252 e. The van der Waals surface area contributed by atoms with E-state index in [2.05, 4.69) is 15.3 Å². The molecule has 0 saturated heterocycles. The number of benzene rings is 3. The number of nitrogens with zero attached hydrogens (tertiary/aromatic N) is 4.